The standard InChI is InChI=1S/C18H18N2O2/c1-12-6-4-8-16(14(12)3)22-11-15-10-17(21)20-9-5-7-13(2)18(20)19-15/h4-10H,11H2,1-3H3. The van der Waals surface area contributed by atoms with Crippen LogP contribution in [-0.2, 0) is 6.61 Å². The Bertz CT molecular complexity index is 897. The van der Waals surface area contributed by atoms with Crippen LogP contribution < -0.4 is 10.3 Å². The minimum atomic E-state index is -0.0896. The summed E-state index contributed by atoms with van der Waals surface area (Å²) >= 11 is 0. The highest BCUT2D eigenvalue weighted by molar-refractivity contribution is 5.46. The third-order valence-electron chi connectivity index (χ3n) is 3.87. The zero-order valence-corrected chi connectivity index (χ0v) is 13.0. The summed E-state index contributed by atoms with van der Waals surface area (Å²) in [6.45, 7) is 6.30. The van der Waals surface area contributed by atoms with Crippen molar-refractivity contribution in [1.29, 1.82) is 0 Å². The van der Waals surface area contributed by atoms with Gasteiger partial charge in [0.1, 0.15) is 18.0 Å². The molecule has 0 radical (unpaired) electrons. The summed E-state index contributed by atoms with van der Waals surface area (Å²) in [6.07, 6.45) is 1.73. The molecule has 0 spiro atoms. The summed E-state index contributed by atoms with van der Waals surface area (Å²) in [5.41, 5.74) is 4.48. The molecule has 0 atom stereocenters. The molecule has 2 heterocycles. The lowest BCUT2D eigenvalue weighted by molar-refractivity contribution is 0.299. The van der Waals surface area contributed by atoms with Gasteiger partial charge in [-0.3, -0.25) is 9.20 Å². The number of hydrogen-bond acceptors (Lipinski definition) is 3. The van der Waals surface area contributed by atoms with Gasteiger partial charge in [-0.15, -0.1) is 0 Å². The average molecular weight is 294 g/mol. The number of benzene rings is 1. The van der Waals surface area contributed by atoms with Crippen molar-refractivity contribution < 1.29 is 4.74 Å². The van der Waals surface area contributed by atoms with Crippen LogP contribution in [0.4, 0.5) is 0 Å². The third kappa shape index (κ3) is 2.60. The van der Waals surface area contributed by atoms with E-state index in [1.165, 1.54) is 11.6 Å². The Kier molecular flexibility index (Phi) is 3.67. The second kappa shape index (κ2) is 5.64. The SMILES string of the molecule is Cc1cccc(OCc2cc(=O)n3cccc(C)c3n2)c1C. The number of rotatable bonds is 3. The molecule has 1 aromatic carbocycles. The maximum absolute atomic E-state index is 12.2. The van der Waals surface area contributed by atoms with Crippen LogP contribution in [0.3, 0.4) is 0 Å². The van der Waals surface area contributed by atoms with Crippen molar-refractivity contribution in [3.63, 3.8) is 0 Å². The van der Waals surface area contributed by atoms with Crippen LogP contribution >= 0.6 is 0 Å². The normalized spacial score (nSPS) is 10.9. The Labute approximate surface area is 129 Å². The fourth-order valence-electron chi connectivity index (χ4n) is 2.41. The van der Waals surface area contributed by atoms with Gasteiger partial charge in [0, 0.05) is 12.3 Å². The van der Waals surface area contributed by atoms with Crippen LogP contribution in [0.2, 0.25) is 0 Å². The number of aromatic nitrogens is 2. The lowest BCUT2D eigenvalue weighted by Crippen LogP contribution is -2.17. The van der Waals surface area contributed by atoms with Gasteiger partial charge in [-0.05, 0) is 49.6 Å². The number of fused-ring (bicyclic) bond motifs is 1. The van der Waals surface area contributed by atoms with Gasteiger partial charge in [0.05, 0.1) is 5.69 Å². The van der Waals surface area contributed by atoms with Gasteiger partial charge in [-0.25, -0.2) is 4.98 Å². The Morgan fingerprint density at radius 2 is 1.86 bits per heavy atom. The Hall–Kier alpha value is -2.62. The predicted octanol–water partition coefficient (Wildman–Crippen LogP) is 3.20. The van der Waals surface area contributed by atoms with Crippen molar-refractivity contribution in [1.82, 2.24) is 9.38 Å². The summed E-state index contributed by atoms with van der Waals surface area (Å²) in [5.74, 6) is 0.826. The second-order valence-corrected chi connectivity index (χ2v) is 5.46. The van der Waals surface area contributed by atoms with E-state index in [1.54, 1.807) is 10.6 Å². The zero-order chi connectivity index (χ0) is 15.7. The van der Waals surface area contributed by atoms with Gasteiger partial charge in [0.25, 0.3) is 5.56 Å². The monoisotopic (exact) mass is 294 g/mol. The van der Waals surface area contributed by atoms with Gasteiger partial charge in [-0.1, -0.05) is 18.2 Å². The molecule has 4 nitrogen and oxygen atoms in total. The predicted molar refractivity (Wildman–Crippen MR) is 86.4 cm³/mol. The molecule has 0 saturated carbocycles. The van der Waals surface area contributed by atoms with Crippen molar-refractivity contribution in [3.05, 3.63) is 75.3 Å². The highest BCUT2D eigenvalue weighted by Gasteiger charge is 2.07. The van der Waals surface area contributed by atoms with Crippen molar-refractivity contribution in [2.75, 3.05) is 0 Å². The van der Waals surface area contributed by atoms with Crippen LogP contribution in [-0.4, -0.2) is 9.38 Å². The fraction of sp³-hybridized carbons (Fsp3) is 0.222. The van der Waals surface area contributed by atoms with Crippen LogP contribution in [0.5, 0.6) is 5.75 Å². The Morgan fingerprint density at radius 3 is 2.68 bits per heavy atom. The zero-order valence-electron chi connectivity index (χ0n) is 13.0. The van der Waals surface area contributed by atoms with Gasteiger partial charge in [0.2, 0.25) is 0 Å². The summed E-state index contributed by atoms with van der Waals surface area (Å²) in [5, 5.41) is 0. The highest BCUT2D eigenvalue weighted by atomic mass is 16.5. The van der Waals surface area contributed by atoms with E-state index in [0.29, 0.717) is 11.3 Å². The molecular formula is C18H18N2O2. The highest BCUT2D eigenvalue weighted by Crippen LogP contribution is 2.21. The molecule has 0 fully saturated rings. The molecule has 2 aromatic heterocycles. The lowest BCUT2D eigenvalue weighted by Gasteiger charge is -2.11. The van der Waals surface area contributed by atoms with Crippen molar-refractivity contribution in [2.24, 2.45) is 0 Å². The van der Waals surface area contributed by atoms with E-state index >= 15 is 0 Å². The number of pyridine rings is 1. The largest absolute Gasteiger partial charge is 0.487 e. The van der Waals surface area contributed by atoms with Crippen molar-refractivity contribution in [3.8, 4) is 5.75 Å². The van der Waals surface area contributed by atoms with E-state index in [0.717, 1.165) is 16.9 Å². The molecule has 0 aliphatic rings. The number of hydrogen-bond donors (Lipinski definition) is 0. The van der Waals surface area contributed by atoms with E-state index < -0.39 is 0 Å². The van der Waals surface area contributed by atoms with Crippen molar-refractivity contribution in [2.45, 2.75) is 27.4 Å². The van der Waals surface area contributed by atoms with Crippen LogP contribution in [0.15, 0.2) is 47.4 Å². The molecule has 3 aromatic rings. The summed E-state index contributed by atoms with van der Waals surface area (Å²) in [6, 6.07) is 11.3. The van der Waals surface area contributed by atoms with E-state index in [4.69, 9.17) is 4.74 Å². The summed E-state index contributed by atoms with van der Waals surface area (Å²) in [4.78, 5) is 16.7. The molecule has 0 aliphatic heterocycles. The maximum atomic E-state index is 12.2. The number of aryl methyl sites for hydroxylation is 2. The first-order chi connectivity index (χ1) is 10.6. The molecule has 112 valence electrons. The fourth-order valence-corrected chi connectivity index (χ4v) is 2.41. The Balaban J connectivity index is 1.93. The van der Waals surface area contributed by atoms with Gasteiger partial charge < -0.3 is 4.74 Å². The first kappa shape index (κ1) is 14.3. The molecule has 0 saturated heterocycles. The summed E-state index contributed by atoms with van der Waals surface area (Å²) < 4.78 is 7.39. The molecule has 4 heteroatoms. The van der Waals surface area contributed by atoms with Crippen LogP contribution in [0.25, 0.3) is 5.65 Å². The van der Waals surface area contributed by atoms with E-state index in [2.05, 4.69) is 4.98 Å². The molecule has 0 bridgehead atoms. The van der Waals surface area contributed by atoms with Gasteiger partial charge in [-0.2, -0.15) is 0 Å². The quantitative estimate of drug-likeness (QED) is 0.745. The van der Waals surface area contributed by atoms with Gasteiger partial charge >= 0.3 is 0 Å². The minimum Gasteiger partial charge on any atom is -0.487 e. The molecule has 22 heavy (non-hydrogen) atoms. The molecule has 0 unspecified atom stereocenters. The van der Waals surface area contributed by atoms with E-state index in [-0.39, 0.29) is 12.2 Å². The van der Waals surface area contributed by atoms with Gasteiger partial charge in [0.15, 0.2) is 0 Å². The number of nitrogens with zero attached hydrogens (tertiary/aromatic N) is 2. The topological polar surface area (TPSA) is 43.6 Å². The molecule has 0 N–H and O–H groups in total. The van der Waals surface area contributed by atoms with E-state index in [1.807, 2.05) is 51.1 Å². The number of ether oxygens (including phenoxy) is 1. The average Bonchev–Trinajstić information content (AvgIpc) is 2.50. The third-order valence-corrected chi connectivity index (χ3v) is 3.87. The first-order valence-corrected chi connectivity index (χ1v) is 7.23. The molecule has 0 amide bonds. The molecule has 0 aliphatic carbocycles. The minimum absolute atomic E-state index is 0.0896. The smallest absolute Gasteiger partial charge is 0.258 e. The maximum Gasteiger partial charge on any atom is 0.258 e. The molecule has 3 rings (SSSR count). The second-order valence-electron chi connectivity index (χ2n) is 5.46. The molecular weight excluding hydrogens is 276 g/mol. The lowest BCUT2D eigenvalue weighted by atomic mass is 10.1. The van der Waals surface area contributed by atoms with Crippen molar-refractivity contribution >= 4 is 5.65 Å². The van der Waals surface area contributed by atoms with Crippen LogP contribution in [0.1, 0.15) is 22.4 Å². The summed E-state index contributed by atoms with van der Waals surface area (Å²) in [7, 11) is 0. The van der Waals surface area contributed by atoms with E-state index in [9.17, 15) is 4.79 Å². The first-order valence-electron chi connectivity index (χ1n) is 7.23. The Morgan fingerprint density at radius 1 is 1.09 bits per heavy atom. The van der Waals surface area contributed by atoms with Crippen LogP contribution in [0, 0.1) is 20.8 Å².